The van der Waals surface area contributed by atoms with E-state index in [1.165, 1.54) is 12.0 Å². The van der Waals surface area contributed by atoms with E-state index >= 15 is 0 Å². The number of hydrogen-bond donors (Lipinski definition) is 3. The lowest BCUT2D eigenvalue weighted by molar-refractivity contribution is -0.147. The van der Waals surface area contributed by atoms with Gasteiger partial charge in [0.2, 0.25) is 21.8 Å². The normalized spacial score (nSPS) is 23.1. The lowest BCUT2D eigenvalue weighted by Crippen LogP contribution is -2.62. The van der Waals surface area contributed by atoms with Gasteiger partial charge in [0.1, 0.15) is 11.8 Å². The number of amides is 3. The first kappa shape index (κ1) is 42.3. The van der Waals surface area contributed by atoms with Crippen LogP contribution in [0.2, 0.25) is 0 Å². The summed E-state index contributed by atoms with van der Waals surface area (Å²) in [5, 5.41) is 8.38. The lowest BCUT2D eigenvalue weighted by atomic mass is 9.68. The van der Waals surface area contributed by atoms with Crippen LogP contribution >= 0.6 is 11.3 Å². The minimum absolute atomic E-state index is 0.0356. The number of thiophene rings is 1. The van der Waals surface area contributed by atoms with Crippen LogP contribution in [0.4, 0.5) is 4.79 Å². The molecule has 14 heteroatoms. The van der Waals surface area contributed by atoms with Crippen LogP contribution in [-0.4, -0.2) is 99.1 Å². The zero-order valence-electron chi connectivity index (χ0n) is 33.8. The predicted octanol–water partition coefficient (Wildman–Crippen LogP) is 5.53. The molecule has 3 fully saturated rings. The van der Waals surface area contributed by atoms with Gasteiger partial charge in [-0.25, -0.2) is 17.9 Å². The van der Waals surface area contributed by atoms with Gasteiger partial charge in [0.25, 0.3) is 0 Å². The molecule has 2 aromatic carbocycles. The summed E-state index contributed by atoms with van der Waals surface area (Å²) in [7, 11) is -3.31. The maximum atomic E-state index is 14.8. The van der Waals surface area contributed by atoms with Crippen LogP contribution < -0.4 is 20.1 Å². The number of carbonyl (C=O) groups is 3. The molecule has 314 valence electrons. The molecule has 2 saturated heterocycles. The number of sulfonamides is 1. The maximum absolute atomic E-state index is 14.8. The molecule has 1 spiro atoms. The molecule has 4 heterocycles. The van der Waals surface area contributed by atoms with Gasteiger partial charge in [0.15, 0.2) is 0 Å². The van der Waals surface area contributed by atoms with Gasteiger partial charge in [-0.1, -0.05) is 55.0 Å². The molecule has 7 rings (SSSR count). The second kappa shape index (κ2) is 19.5. The largest absolute Gasteiger partial charge is 0.415 e. The molecular weight excluding hydrogens is 773 g/mol. The Morgan fingerprint density at radius 1 is 0.983 bits per heavy atom. The molecular formula is C44H60N6O6S2. The van der Waals surface area contributed by atoms with Gasteiger partial charge in [-0.05, 0) is 111 Å². The maximum Gasteiger partial charge on any atom is 0.415 e. The van der Waals surface area contributed by atoms with E-state index in [0.717, 1.165) is 93.5 Å². The molecule has 12 nitrogen and oxygen atoms in total. The molecule has 0 unspecified atom stereocenters. The van der Waals surface area contributed by atoms with E-state index in [2.05, 4.69) is 50.6 Å². The number of piperazine rings is 1. The van der Waals surface area contributed by atoms with Gasteiger partial charge in [0.05, 0.1) is 19.3 Å². The third-order valence-electron chi connectivity index (χ3n) is 12.8. The summed E-state index contributed by atoms with van der Waals surface area (Å²) in [4.78, 5) is 49.5. The first-order valence-corrected chi connectivity index (χ1v) is 23.9. The first-order chi connectivity index (χ1) is 28.0. The number of ether oxygens (including phenoxy) is 1. The number of fused-ring (bicyclic) bond motifs is 1. The van der Waals surface area contributed by atoms with Crippen molar-refractivity contribution in [2.75, 3.05) is 52.1 Å². The second-order valence-electron chi connectivity index (χ2n) is 17.0. The van der Waals surface area contributed by atoms with E-state index in [1.807, 2.05) is 35.7 Å². The van der Waals surface area contributed by atoms with Crippen molar-refractivity contribution in [3.05, 3.63) is 87.6 Å². The Morgan fingerprint density at radius 3 is 2.59 bits per heavy atom. The van der Waals surface area contributed by atoms with E-state index in [1.54, 1.807) is 21.1 Å². The molecule has 0 bridgehead atoms. The molecule has 3 aromatic rings. The summed E-state index contributed by atoms with van der Waals surface area (Å²) >= 11 is 1.55. The quantitative estimate of drug-likeness (QED) is 0.170. The molecule has 3 N–H and O–H groups in total. The number of hydrogen-bond acceptors (Lipinski definition) is 9. The number of carbonyl (C=O) groups excluding carboxylic acids is 3. The van der Waals surface area contributed by atoms with Gasteiger partial charge in [-0.2, -0.15) is 0 Å². The van der Waals surface area contributed by atoms with E-state index in [-0.39, 0.29) is 37.4 Å². The molecule has 1 aliphatic carbocycles. The fraction of sp³-hybridized carbons (Fsp3) is 0.568. The Bertz CT molecular complexity index is 1950. The smallest absolute Gasteiger partial charge is 0.410 e. The minimum Gasteiger partial charge on any atom is -0.410 e. The fourth-order valence-corrected chi connectivity index (χ4v) is 10.7. The van der Waals surface area contributed by atoms with Gasteiger partial charge in [-0.15, -0.1) is 11.3 Å². The number of unbranched alkanes of at least 4 members (excludes halogenated alkanes) is 1. The topological polar surface area (TPSA) is 140 Å². The molecule has 0 radical (unpaired) electrons. The summed E-state index contributed by atoms with van der Waals surface area (Å²) in [6, 6.07) is 19.5. The highest BCUT2D eigenvalue weighted by Gasteiger charge is 2.43. The number of nitrogens with zero attached hydrogens (tertiary/aromatic N) is 3. The SMILES string of the molecule is CS(=O)(=O)NCCCC[C@@H](CC1CCC2(CC1)CCN(Cc1ccccc1)C2)C(=O)N1CCN(C(=O)Oc2cccc3c2CCNC3)C[C@H]1C(=O)NCc1cccs1. The summed E-state index contributed by atoms with van der Waals surface area (Å²) < 4.78 is 32.1. The predicted molar refractivity (Wildman–Crippen MR) is 227 cm³/mol. The van der Waals surface area contributed by atoms with Crippen molar-refractivity contribution in [3.63, 3.8) is 0 Å². The third-order valence-corrected chi connectivity index (χ3v) is 14.4. The molecule has 3 amide bonds. The second-order valence-corrected chi connectivity index (χ2v) is 19.8. The monoisotopic (exact) mass is 832 g/mol. The Morgan fingerprint density at radius 2 is 1.81 bits per heavy atom. The van der Waals surface area contributed by atoms with Crippen molar-refractivity contribution in [1.82, 2.24) is 30.1 Å². The molecule has 58 heavy (non-hydrogen) atoms. The number of benzene rings is 2. The minimum atomic E-state index is -3.31. The van der Waals surface area contributed by atoms with Gasteiger partial charge < -0.3 is 25.2 Å². The molecule has 1 aromatic heterocycles. The van der Waals surface area contributed by atoms with Gasteiger partial charge >= 0.3 is 6.09 Å². The average molecular weight is 833 g/mol. The van der Waals surface area contributed by atoms with E-state index in [9.17, 15) is 22.8 Å². The van der Waals surface area contributed by atoms with E-state index in [0.29, 0.717) is 49.4 Å². The van der Waals surface area contributed by atoms with Crippen LogP contribution in [0.3, 0.4) is 0 Å². The standard InChI is InChI=1S/C44H60N6O6S2/c1-58(54,55)47-21-6-5-11-35(27-33-15-18-44(19-16-33)20-23-48(32-44)30-34-9-3-2-4-10-34)42(52)50-25-24-49(31-39(50)41(51)46-29-37-13-8-26-57-37)43(53)56-40-14-7-12-36-28-45-22-17-38(36)40/h2-4,7-10,12-14,26,33,35,39,45,47H,5-6,11,15-25,27-32H2,1H3,(H,46,51)/t33?,35-,39-,44?/m0/s1. The Kier molecular flexibility index (Phi) is 14.2. The average Bonchev–Trinajstić information content (AvgIpc) is 3.90. The van der Waals surface area contributed by atoms with Crippen LogP contribution in [0, 0.1) is 17.3 Å². The van der Waals surface area contributed by atoms with Crippen molar-refractivity contribution in [2.45, 2.75) is 89.9 Å². The van der Waals surface area contributed by atoms with E-state index in [4.69, 9.17) is 4.74 Å². The van der Waals surface area contributed by atoms with Crippen molar-refractivity contribution in [3.8, 4) is 5.75 Å². The summed E-state index contributed by atoms with van der Waals surface area (Å²) in [6.45, 7) is 5.91. The lowest BCUT2D eigenvalue weighted by Gasteiger charge is -2.42. The number of nitrogens with one attached hydrogen (secondary N) is 3. The number of likely N-dealkylation sites (tertiary alicyclic amines) is 1. The first-order valence-electron chi connectivity index (χ1n) is 21.1. The molecule has 4 aliphatic rings. The van der Waals surface area contributed by atoms with Crippen LogP contribution in [0.5, 0.6) is 5.75 Å². The summed E-state index contributed by atoms with van der Waals surface area (Å²) in [5.74, 6) is 0.277. The zero-order chi connectivity index (χ0) is 40.5. The van der Waals surface area contributed by atoms with Gasteiger partial charge in [0, 0.05) is 55.6 Å². The van der Waals surface area contributed by atoms with Crippen LogP contribution in [0.15, 0.2) is 66.0 Å². The van der Waals surface area contributed by atoms with Crippen LogP contribution in [0.25, 0.3) is 0 Å². The number of rotatable bonds is 15. The summed E-state index contributed by atoms with van der Waals surface area (Å²) in [6.07, 6.45) is 9.70. The summed E-state index contributed by atoms with van der Waals surface area (Å²) in [5.41, 5.74) is 3.81. The van der Waals surface area contributed by atoms with Crippen molar-refractivity contribution < 1.29 is 27.5 Å². The Hall–Kier alpha value is -3.82. The Labute approximate surface area is 348 Å². The van der Waals surface area contributed by atoms with Crippen molar-refractivity contribution in [2.24, 2.45) is 17.3 Å². The van der Waals surface area contributed by atoms with Crippen molar-refractivity contribution in [1.29, 1.82) is 0 Å². The molecule has 1 saturated carbocycles. The van der Waals surface area contributed by atoms with Crippen LogP contribution in [0.1, 0.15) is 79.4 Å². The fourth-order valence-electron chi connectivity index (χ4n) is 9.58. The highest BCUT2D eigenvalue weighted by atomic mass is 32.2. The van der Waals surface area contributed by atoms with Crippen LogP contribution in [-0.2, 0) is 45.7 Å². The molecule has 2 atom stereocenters. The molecule has 3 aliphatic heterocycles. The highest BCUT2D eigenvalue weighted by molar-refractivity contribution is 7.88. The third kappa shape index (κ3) is 11.3. The van der Waals surface area contributed by atoms with E-state index < -0.39 is 22.2 Å². The van der Waals surface area contributed by atoms with Crippen molar-refractivity contribution >= 4 is 39.3 Å². The zero-order valence-corrected chi connectivity index (χ0v) is 35.5. The Balaban J connectivity index is 1.03. The van der Waals surface area contributed by atoms with Gasteiger partial charge in [-0.3, -0.25) is 14.5 Å². The highest BCUT2D eigenvalue weighted by Crippen LogP contribution is 2.47.